The molecule has 2 fully saturated rings. The Hall–Kier alpha value is -2.54. The highest BCUT2D eigenvalue weighted by molar-refractivity contribution is 5.79. The maximum Gasteiger partial charge on any atom is 0.254 e. The molecule has 7 heteroatoms. The molecule has 1 saturated heterocycles. The molecule has 2 aromatic rings. The Balaban J connectivity index is 1.38. The Morgan fingerprint density at radius 1 is 1.06 bits per heavy atom. The van der Waals surface area contributed by atoms with Crippen molar-refractivity contribution in [3.8, 4) is 0 Å². The van der Waals surface area contributed by atoms with Crippen molar-refractivity contribution < 1.29 is 4.79 Å². The van der Waals surface area contributed by atoms with E-state index in [0.29, 0.717) is 18.8 Å². The molecule has 1 atom stereocenters. The van der Waals surface area contributed by atoms with Gasteiger partial charge in [0.2, 0.25) is 5.91 Å². The second-order valence-corrected chi connectivity index (χ2v) is 9.22. The van der Waals surface area contributed by atoms with E-state index in [1.165, 1.54) is 5.56 Å². The summed E-state index contributed by atoms with van der Waals surface area (Å²) in [4.78, 5) is 42.5. The van der Waals surface area contributed by atoms with E-state index in [1.807, 2.05) is 29.4 Å². The van der Waals surface area contributed by atoms with Gasteiger partial charge in [0.1, 0.15) is 5.82 Å². The van der Waals surface area contributed by atoms with Crippen molar-refractivity contribution in [1.29, 1.82) is 0 Å². The molecule has 2 aliphatic heterocycles. The normalized spacial score (nSPS) is 22.5. The number of carbonyl (C=O) groups is 1. The molecule has 7 nitrogen and oxygen atoms in total. The number of piperidine rings is 1. The number of aromatic amines is 1. The highest BCUT2D eigenvalue weighted by atomic mass is 16.2. The molecule has 3 aliphatic rings. The van der Waals surface area contributed by atoms with Gasteiger partial charge in [-0.2, -0.15) is 0 Å². The number of nitrogens with zero attached hydrogens (tertiary/aromatic N) is 4. The number of H-pyrrole nitrogens is 1. The third kappa shape index (κ3) is 4.28. The number of hydrogen-bond donors (Lipinski definition) is 1. The van der Waals surface area contributed by atoms with Crippen LogP contribution in [0.25, 0.3) is 0 Å². The number of fused-ring (bicyclic) bond motifs is 1. The summed E-state index contributed by atoms with van der Waals surface area (Å²) in [5.41, 5.74) is 2.86. The van der Waals surface area contributed by atoms with Crippen LogP contribution in [0, 0.1) is 5.92 Å². The first-order valence-electron chi connectivity index (χ1n) is 11.7. The van der Waals surface area contributed by atoms with Crippen LogP contribution in [-0.4, -0.2) is 43.7 Å². The summed E-state index contributed by atoms with van der Waals surface area (Å²) in [6, 6.07) is 3.96. The molecule has 5 rings (SSSR count). The van der Waals surface area contributed by atoms with Crippen LogP contribution in [0.1, 0.15) is 73.6 Å². The number of carbonyl (C=O) groups excluding carboxylic acids is 1. The fraction of sp³-hybridized carbons (Fsp3) is 0.583. The minimum Gasteiger partial charge on any atom is -0.332 e. The van der Waals surface area contributed by atoms with Crippen LogP contribution >= 0.6 is 0 Å². The number of nitrogens with one attached hydrogen (secondary N) is 1. The average molecular weight is 422 g/mol. The maximum absolute atomic E-state index is 13.2. The van der Waals surface area contributed by atoms with Crippen LogP contribution in [0.5, 0.6) is 0 Å². The molecule has 1 amide bonds. The minimum atomic E-state index is -0.101. The highest BCUT2D eigenvalue weighted by Crippen LogP contribution is 2.34. The fourth-order valence-electron chi connectivity index (χ4n) is 5.44. The zero-order valence-corrected chi connectivity index (χ0v) is 18.1. The fourth-order valence-corrected chi connectivity index (χ4v) is 5.44. The third-order valence-electron chi connectivity index (χ3n) is 7.13. The molecule has 0 unspecified atom stereocenters. The largest absolute Gasteiger partial charge is 0.332 e. The van der Waals surface area contributed by atoms with E-state index < -0.39 is 0 Å². The summed E-state index contributed by atoms with van der Waals surface area (Å²) < 4.78 is 0. The quantitative estimate of drug-likeness (QED) is 0.821. The average Bonchev–Trinajstić information content (AvgIpc) is 3.34. The van der Waals surface area contributed by atoms with E-state index in [4.69, 9.17) is 4.98 Å². The van der Waals surface area contributed by atoms with Gasteiger partial charge in [0.15, 0.2) is 0 Å². The highest BCUT2D eigenvalue weighted by Gasteiger charge is 2.35. The topological polar surface area (TPSA) is 82.2 Å². The number of likely N-dealkylation sites (tertiary alicyclic amines) is 1. The van der Waals surface area contributed by atoms with E-state index in [9.17, 15) is 9.59 Å². The smallest absolute Gasteiger partial charge is 0.254 e. The summed E-state index contributed by atoms with van der Waals surface area (Å²) in [6.45, 7) is 3.10. The predicted molar refractivity (Wildman–Crippen MR) is 117 cm³/mol. The van der Waals surface area contributed by atoms with Crippen LogP contribution in [0.4, 0.5) is 0 Å². The van der Waals surface area contributed by atoms with Crippen LogP contribution in [-0.2, 0) is 24.3 Å². The van der Waals surface area contributed by atoms with Crippen molar-refractivity contribution in [1.82, 2.24) is 24.8 Å². The Kier molecular flexibility index (Phi) is 5.85. The molecule has 164 valence electrons. The molecule has 1 N–H and O–H groups in total. The first kappa shape index (κ1) is 20.4. The van der Waals surface area contributed by atoms with Gasteiger partial charge in [0, 0.05) is 50.1 Å². The summed E-state index contributed by atoms with van der Waals surface area (Å²) >= 11 is 0. The first-order chi connectivity index (χ1) is 15.2. The minimum absolute atomic E-state index is 0.0256. The first-order valence-corrected chi connectivity index (χ1v) is 11.7. The Morgan fingerprint density at radius 2 is 1.84 bits per heavy atom. The SMILES string of the molecule is O=C(C1CCCC1)N1CCCC[C@@H]1c1nc2c(c(=O)[nH]1)CCN(Cc1ccncc1)C2. The number of rotatable bonds is 4. The zero-order chi connectivity index (χ0) is 21.2. The molecule has 1 saturated carbocycles. The summed E-state index contributed by atoms with van der Waals surface area (Å²) in [6.07, 6.45) is 11.6. The molecule has 2 aromatic heterocycles. The Bertz CT molecular complexity index is 983. The molecule has 31 heavy (non-hydrogen) atoms. The van der Waals surface area contributed by atoms with Gasteiger partial charge in [-0.1, -0.05) is 12.8 Å². The van der Waals surface area contributed by atoms with Gasteiger partial charge in [-0.25, -0.2) is 4.98 Å². The summed E-state index contributed by atoms with van der Waals surface area (Å²) in [5.74, 6) is 1.10. The van der Waals surface area contributed by atoms with Crippen LogP contribution in [0.2, 0.25) is 0 Å². The predicted octanol–water partition coefficient (Wildman–Crippen LogP) is 2.97. The van der Waals surface area contributed by atoms with Gasteiger partial charge in [-0.3, -0.25) is 19.5 Å². The number of amides is 1. The van der Waals surface area contributed by atoms with Crippen molar-refractivity contribution in [2.75, 3.05) is 13.1 Å². The lowest BCUT2D eigenvalue weighted by Gasteiger charge is -2.37. The van der Waals surface area contributed by atoms with Gasteiger partial charge < -0.3 is 9.88 Å². The molecule has 0 aromatic carbocycles. The molecule has 4 heterocycles. The van der Waals surface area contributed by atoms with Crippen LogP contribution in [0.3, 0.4) is 0 Å². The van der Waals surface area contributed by atoms with E-state index in [2.05, 4.69) is 14.9 Å². The monoisotopic (exact) mass is 421 g/mol. The van der Waals surface area contributed by atoms with Crippen LogP contribution < -0.4 is 5.56 Å². The van der Waals surface area contributed by atoms with E-state index in [-0.39, 0.29) is 23.4 Å². The third-order valence-corrected chi connectivity index (χ3v) is 7.13. The second kappa shape index (κ2) is 8.91. The molecule has 0 bridgehead atoms. The molecule has 0 radical (unpaired) electrons. The van der Waals surface area contributed by atoms with Gasteiger partial charge in [0.25, 0.3) is 5.56 Å². The maximum atomic E-state index is 13.2. The lowest BCUT2D eigenvalue weighted by molar-refractivity contribution is -0.139. The Morgan fingerprint density at radius 3 is 2.65 bits per heavy atom. The molecule has 1 aliphatic carbocycles. The van der Waals surface area contributed by atoms with Crippen molar-refractivity contribution in [2.24, 2.45) is 5.92 Å². The van der Waals surface area contributed by atoms with Crippen molar-refractivity contribution >= 4 is 5.91 Å². The molecule has 0 spiro atoms. The van der Waals surface area contributed by atoms with Crippen molar-refractivity contribution in [3.05, 3.63) is 57.5 Å². The summed E-state index contributed by atoms with van der Waals surface area (Å²) in [5, 5.41) is 0. The number of pyridine rings is 1. The standard InChI is InChI=1S/C24H31N5O2/c30-23-19-10-14-28(15-17-8-11-25-12-9-17)16-20(19)26-22(27-23)21-7-3-4-13-29(21)24(31)18-5-1-2-6-18/h8-9,11-12,18,21H,1-7,10,13-16H2,(H,26,27,30)/t21-/m1/s1. The Labute approximate surface area is 182 Å². The number of hydrogen-bond acceptors (Lipinski definition) is 5. The zero-order valence-electron chi connectivity index (χ0n) is 18.1. The molecular formula is C24H31N5O2. The van der Waals surface area contributed by atoms with Gasteiger partial charge in [-0.05, 0) is 56.2 Å². The van der Waals surface area contributed by atoms with Gasteiger partial charge in [0.05, 0.1) is 11.7 Å². The van der Waals surface area contributed by atoms with Gasteiger partial charge in [-0.15, -0.1) is 0 Å². The molecular weight excluding hydrogens is 390 g/mol. The lowest BCUT2D eigenvalue weighted by Crippen LogP contribution is -2.43. The van der Waals surface area contributed by atoms with Crippen molar-refractivity contribution in [3.63, 3.8) is 0 Å². The second-order valence-electron chi connectivity index (χ2n) is 9.22. The van der Waals surface area contributed by atoms with Gasteiger partial charge >= 0.3 is 0 Å². The lowest BCUT2D eigenvalue weighted by atomic mass is 9.97. The van der Waals surface area contributed by atoms with E-state index in [0.717, 1.165) is 75.8 Å². The summed E-state index contributed by atoms with van der Waals surface area (Å²) in [7, 11) is 0. The van der Waals surface area contributed by atoms with Crippen molar-refractivity contribution in [2.45, 2.75) is 70.5 Å². The number of aromatic nitrogens is 3. The van der Waals surface area contributed by atoms with E-state index in [1.54, 1.807) is 0 Å². The van der Waals surface area contributed by atoms with Crippen LogP contribution in [0.15, 0.2) is 29.3 Å². The van der Waals surface area contributed by atoms with E-state index >= 15 is 0 Å².